The Bertz CT molecular complexity index is 482. The summed E-state index contributed by atoms with van der Waals surface area (Å²) in [5, 5.41) is 9.06. The molecule has 13 heavy (non-hydrogen) atoms. The molecule has 2 aromatic carbocycles. The van der Waals surface area contributed by atoms with E-state index in [-0.39, 0.29) is 0 Å². The quantitative estimate of drug-likeness (QED) is 0.635. The number of nitrogens with one attached hydrogen (secondary N) is 1. The summed E-state index contributed by atoms with van der Waals surface area (Å²) in [7, 11) is 0. The molecular weight excluding hydrogens is 160 g/mol. The summed E-state index contributed by atoms with van der Waals surface area (Å²) in [5.74, 6) is 0. The summed E-state index contributed by atoms with van der Waals surface area (Å²) in [6, 6.07) is 15.9. The molecule has 0 fully saturated rings. The molecule has 0 heterocycles. The third kappa shape index (κ3) is 1.48. The van der Waals surface area contributed by atoms with Gasteiger partial charge in [-0.25, -0.2) is 5.41 Å². The van der Waals surface area contributed by atoms with Gasteiger partial charge in [0.2, 0.25) is 0 Å². The van der Waals surface area contributed by atoms with Crippen LogP contribution in [0.25, 0.3) is 10.8 Å². The molecule has 2 heteroatoms. The predicted octanol–water partition coefficient (Wildman–Crippen LogP) is 3.22. The Labute approximate surface area is 76.1 Å². The highest BCUT2D eigenvalue weighted by atomic mass is 14.7. The summed E-state index contributed by atoms with van der Waals surface area (Å²) < 4.78 is 0. The molecule has 0 radical (unpaired) electrons. The van der Waals surface area contributed by atoms with Gasteiger partial charge in [-0.1, -0.05) is 30.3 Å². The normalized spacial score (nSPS) is 9.54. The molecule has 0 saturated carbocycles. The van der Waals surface area contributed by atoms with Crippen LogP contribution < -0.4 is 0 Å². The summed E-state index contributed by atoms with van der Waals surface area (Å²) in [6.07, 6.45) is 0. The zero-order valence-corrected chi connectivity index (χ0v) is 6.99. The van der Waals surface area contributed by atoms with Gasteiger partial charge in [-0.2, -0.15) is 4.99 Å². The Morgan fingerprint density at radius 1 is 1.00 bits per heavy atom. The lowest BCUT2D eigenvalue weighted by Gasteiger charge is -1.96. The van der Waals surface area contributed by atoms with Crippen LogP contribution in [0.1, 0.15) is 0 Å². The van der Waals surface area contributed by atoms with E-state index in [0.29, 0.717) is 0 Å². The van der Waals surface area contributed by atoms with Gasteiger partial charge in [0.15, 0.2) is 0 Å². The number of hydrogen-bond donors (Lipinski definition) is 1. The molecule has 1 N–H and O–H groups in total. The Kier molecular flexibility index (Phi) is 1.91. The van der Waals surface area contributed by atoms with Crippen LogP contribution in [-0.4, -0.2) is 6.01 Å². The van der Waals surface area contributed by atoms with Gasteiger partial charge < -0.3 is 0 Å². The first kappa shape index (κ1) is 7.71. The summed E-state index contributed by atoms with van der Waals surface area (Å²) in [5.41, 5.74) is 0.772. The number of fused-ring (bicyclic) bond motifs is 1. The van der Waals surface area contributed by atoms with Crippen LogP contribution in [0.15, 0.2) is 47.5 Å². The maximum Gasteiger partial charge on any atom is 0.0918 e. The highest BCUT2D eigenvalue weighted by Crippen LogP contribution is 2.20. The SMILES string of the molecule is N=C=Nc1ccc2ccccc2c1. The maximum atomic E-state index is 6.73. The highest BCUT2D eigenvalue weighted by molar-refractivity contribution is 5.85. The first-order chi connectivity index (χ1) is 6.40. The minimum absolute atomic E-state index is 0.772. The van der Waals surface area contributed by atoms with E-state index in [2.05, 4.69) is 4.99 Å². The van der Waals surface area contributed by atoms with Crippen molar-refractivity contribution in [1.29, 1.82) is 5.41 Å². The van der Waals surface area contributed by atoms with Crippen molar-refractivity contribution in [3.05, 3.63) is 42.5 Å². The van der Waals surface area contributed by atoms with Gasteiger partial charge in [0.1, 0.15) is 0 Å². The molecule has 0 aliphatic heterocycles. The monoisotopic (exact) mass is 168 g/mol. The third-order valence-corrected chi connectivity index (χ3v) is 1.92. The molecule has 0 unspecified atom stereocenters. The van der Waals surface area contributed by atoms with E-state index in [1.807, 2.05) is 48.5 Å². The predicted molar refractivity (Wildman–Crippen MR) is 53.8 cm³/mol. The van der Waals surface area contributed by atoms with Crippen LogP contribution in [0.4, 0.5) is 5.69 Å². The Hall–Kier alpha value is -1.92. The lowest BCUT2D eigenvalue weighted by Crippen LogP contribution is -1.70. The van der Waals surface area contributed by atoms with Crippen molar-refractivity contribution in [3.8, 4) is 0 Å². The minimum atomic E-state index is 0.772. The molecule has 0 atom stereocenters. The van der Waals surface area contributed by atoms with Crippen molar-refractivity contribution in [1.82, 2.24) is 0 Å². The van der Waals surface area contributed by atoms with Gasteiger partial charge in [-0.05, 0) is 22.9 Å². The fourth-order valence-corrected chi connectivity index (χ4v) is 1.31. The van der Waals surface area contributed by atoms with Crippen LogP contribution in [0, 0.1) is 5.41 Å². The summed E-state index contributed by atoms with van der Waals surface area (Å²) in [4.78, 5) is 3.77. The molecule has 2 rings (SSSR count). The van der Waals surface area contributed by atoms with Crippen LogP contribution in [0.5, 0.6) is 0 Å². The van der Waals surface area contributed by atoms with E-state index >= 15 is 0 Å². The van der Waals surface area contributed by atoms with E-state index in [4.69, 9.17) is 5.41 Å². The standard InChI is InChI=1S/C11H8N2/c12-8-13-11-6-5-9-3-1-2-4-10(9)7-11/h1-7,12H. The summed E-state index contributed by atoms with van der Waals surface area (Å²) in [6.45, 7) is 0. The van der Waals surface area contributed by atoms with Crippen molar-refractivity contribution < 1.29 is 0 Å². The number of rotatable bonds is 1. The van der Waals surface area contributed by atoms with Gasteiger partial charge in [-0.15, -0.1) is 0 Å². The smallest absolute Gasteiger partial charge is 0.0918 e. The molecule has 0 aromatic heterocycles. The molecule has 2 aromatic rings. The average molecular weight is 168 g/mol. The van der Waals surface area contributed by atoms with Crippen LogP contribution in [-0.2, 0) is 0 Å². The molecule has 0 bridgehead atoms. The van der Waals surface area contributed by atoms with Crippen molar-refractivity contribution in [2.45, 2.75) is 0 Å². The first-order valence-electron chi connectivity index (χ1n) is 4.01. The molecule has 0 saturated heterocycles. The Morgan fingerprint density at radius 2 is 1.77 bits per heavy atom. The molecule has 0 amide bonds. The first-order valence-corrected chi connectivity index (χ1v) is 4.01. The van der Waals surface area contributed by atoms with Crippen molar-refractivity contribution >= 4 is 22.5 Å². The lowest BCUT2D eigenvalue weighted by molar-refractivity contribution is 1.50. The van der Waals surface area contributed by atoms with E-state index in [1.165, 1.54) is 5.39 Å². The zero-order valence-electron chi connectivity index (χ0n) is 6.99. The zero-order chi connectivity index (χ0) is 9.10. The topological polar surface area (TPSA) is 36.2 Å². The lowest BCUT2D eigenvalue weighted by atomic mass is 10.1. The van der Waals surface area contributed by atoms with Crippen LogP contribution in [0.2, 0.25) is 0 Å². The third-order valence-electron chi connectivity index (χ3n) is 1.92. The second kappa shape index (κ2) is 3.21. The Balaban J connectivity index is 2.68. The van der Waals surface area contributed by atoms with Crippen LogP contribution >= 0.6 is 0 Å². The van der Waals surface area contributed by atoms with Gasteiger partial charge in [0, 0.05) is 0 Å². The highest BCUT2D eigenvalue weighted by Gasteiger charge is 1.92. The minimum Gasteiger partial charge on any atom is -0.241 e. The van der Waals surface area contributed by atoms with E-state index < -0.39 is 0 Å². The van der Waals surface area contributed by atoms with Gasteiger partial charge in [-0.3, -0.25) is 0 Å². The van der Waals surface area contributed by atoms with E-state index in [9.17, 15) is 0 Å². The number of aliphatic imine (C=N–C) groups is 1. The molecule has 0 spiro atoms. The van der Waals surface area contributed by atoms with Crippen molar-refractivity contribution in [2.75, 3.05) is 0 Å². The Morgan fingerprint density at radius 3 is 2.54 bits per heavy atom. The van der Waals surface area contributed by atoms with Gasteiger partial charge >= 0.3 is 0 Å². The summed E-state index contributed by atoms with van der Waals surface area (Å²) >= 11 is 0. The molecule has 2 nitrogen and oxygen atoms in total. The number of hydrogen-bond acceptors (Lipinski definition) is 2. The van der Waals surface area contributed by atoms with Crippen molar-refractivity contribution in [3.63, 3.8) is 0 Å². The second-order valence-electron chi connectivity index (χ2n) is 2.76. The number of nitrogens with zero attached hydrogens (tertiary/aromatic N) is 1. The molecule has 62 valence electrons. The number of benzene rings is 2. The van der Waals surface area contributed by atoms with Crippen LogP contribution in [0.3, 0.4) is 0 Å². The maximum absolute atomic E-state index is 6.73. The fraction of sp³-hybridized carbons (Fsp3) is 0. The average Bonchev–Trinajstić information content (AvgIpc) is 2.18. The largest absolute Gasteiger partial charge is 0.241 e. The second-order valence-corrected chi connectivity index (χ2v) is 2.76. The van der Waals surface area contributed by atoms with Gasteiger partial charge in [0.05, 0.1) is 11.7 Å². The van der Waals surface area contributed by atoms with Gasteiger partial charge in [0.25, 0.3) is 0 Å². The molecule has 0 aliphatic carbocycles. The van der Waals surface area contributed by atoms with E-state index in [0.717, 1.165) is 11.1 Å². The molecule has 0 aliphatic rings. The van der Waals surface area contributed by atoms with E-state index in [1.54, 1.807) is 0 Å². The van der Waals surface area contributed by atoms with Crippen molar-refractivity contribution in [2.24, 2.45) is 4.99 Å². The molecular formula is C11H8N2. The fourth-order valence-electron chi connectivity index (χ4n) is 1.31.